The molecule has 198 valence electrons. The van der Waals surface area contributed by atoms with Crippen LogP contribution in [0.2, 0.25) is 0 Å². The quantitative estimate of drug-likeness (QED) is 0.396. The van der Waals surface area contributed by atoms with E-state index in [-0.39, 0.29) is 34.1 Å². The van der Waals surface area contributed by atoms with E-state index in [0.717, 1.165) is 16.0 Å². The minimum atomic E-state index is -3.82. The summed E-state index contributed by atoms with van der Waals surface area (Å²) in [5.74, 6) is 0.0960. The van der Waals surface area contributed by atoms with E-state index >= 15 is 0 Å². The van der Waals surface area contributed by atoms with Crippen molar-refractivity contribution in [3.63, 3.8) is 0 Å². The third kappa shape index (κ3) is 6.37. The molecule has 1 aliphatic rings. The van der Waals surface area contributed by atoms with E-state index in [0.29, 0.717) is 24.9 Å². The Hall–Kier alpha value is -3.67. The summed E-state index contributed by atoms with van der Waals surface area (Å²) in [5.41, 5.74) is 6.38. The molecule has 0 radical (unpaired) electrons. The number of benzene rings is 1. The molecule has 2 heterocycles. The summed E-state index contributed by atoms with van der Waals surface area (Å²) in [7, 11) is -3.82. The number of anilines is 1. The number of carbonyl (C=O) groups excluding carboxylic acids is 2. The van der Waals surface area contributed by atoms with Crippen molar-refractivity contribution in [2.45, 2.75) is 57.5 Å². The van der Waals surface area contributed by atoms with Gasteiger partial charge in [0.05, 0.1) is 11.1 Å². The first-order valence-electron chi connectivity index (χ1n) is 12.1. The number of hydrogen-bond acceptors (Lipinski definition) is 8. The topological polar surface area (TPSA) is 144 Å². The van der Waals surface area contributed by atoms with Gasteiger partial charge in [-0.2, -0.15) is 0 Å². The highest BCUT2D eigenvalue weighted by Crippen LogP contribution is 2.30. The monoisotopic (exact) mass is 528 g/mol. The Balaban J connectivity index is 1.32. The van der Waals surface area contributed by atoms with Crippen molar-refractivity contribution >= 4 is 39.0 Å². The second kappa shape index (κ2) is 10.4. The first-order chi connectivity index (χ1) is 17.4. The number of hydrazine groups is 1. The lowest BCUT2D eigenvalue weighted by Gasteiger charge is -2.20. The zero-order valence-electron chi connectivity index (χ0n) is 21.3. The second-order valence-electron chi connectivity index (χ2n) is 10.3. The van der Waals surface area contributed by atoms with Gasteiger partial charge in [-0.15, -0.1) is 0 Å². The summed E-state index contributed by atoms with van der Waals surface area (Å²) >= 11 is 0. The molecule has 1 fully saturated rings. The number of aryl methyl sites for hydroxylation is 1. The van der Waals surface area contributed by atoms with E-state index in [1.54, 1.807) is 51.1 Å². The first-order valence-corrected chi connectivity index (χ1v) is 13.6. The Morgan fingerprint density at radius 2 is 1.86 bits per heavy atom. The Bertz CT molecular complexity index is 1400. The maximum Gasteiger partial charge on any atom is 0.407 e. The lowest BCUT2D eigenvalue weighted by atomic mass is 10.0. The van der Waals surface area contributed by atoms with Crippen LogP contribution in [0.5, 0.6) is 0 Å². The molecule has 11 nitrogen and oxygen atoms in total. The molecule has 2 aromatic heterocycles. The lowest BCUT2D eigenvalue weighted by Crippen LogP contribution is -2.36. The zero-order valence-corrected chi connectivity index (χ0v) is 22.1. The van der Waals surface area contributed by atoms with E-state index in [1.165, 1.54) is 12.4 Å². The number of nitrogens with zero attached hydrogens (tertiary/aromatic N) is 3. The highest BCUT2D eigenvalue weighted by Gasteiger charge is 2.30. The predicted molar refractivity (Wildman–Crippen MR) is 138 cm³/mol. The van der Waals surface area contributed by atoms with Gasteiger partial charge in [-0.25, -0.2) is 27.2 Å². The van der Waals surface area contributed by atoms with Crippen LogP contribution in [0, 0.1) is 18.8 Å². The number of fused-ring (bicyclic) bond motifs is 1. The minimum Gasteiger partial charge on any atom is -0.444 e. The van der Waals surface area contributed by atoms with Crippen molar-refractivity contribution in [1.82, 2.24) is 24.7 Å². The molecule has 1 aliphatic carbocycles. The first kappa shape index (κ1) is 26.4. The number of alkyl carbamates (subject to hydrolysis) is 1. The van der Waals surface area contributed by atoms with Crippen molar-refractivity contribution in [2.24, 2.45) is 11.8 Å². The number of nitrogens with one attached hydrogen (secondary N) is 3. The smallest absolute Gasteiger partial charge is 0.407 e. The summed E-state index contributed by atoms with van der Waals surface area (Å²) < 4.78 is 32.4. The fourth-order valence-corrected chi connectivity index (χ4v) is 5.53. The van der Waals surface area contributed by atoms with Crippen molar-refractivity contribution in [3.05, 3.63) is 48.3 Å². The number of aromatic nitrogens is 3. The molecule has 0 bridgehead atoms. The highest BCUT2D eigenvalue weighted by atomic mass is 32.2. The van der Waals surface area contributed by atoms with Crippen LogP contribution < -0.4 is 16.2 Å². The number of ether oxygens (including phenoxy) is 1. The van der Waals surface area contributed by atoms with Crippen LogP contribution >= 0.6 is 0 Å². The van der Waals surface area contributed by atoms with Crippen molar-refractivity contribution < 1.29 is 22.7 Å². The maximum absolute atomic E-state index is 13.0. The van der Waals surface area contributed by atoms with Crippen LogP contribution in [0.3, 0.4) is 0 Å². The van der Waals surface area contributed by atoms with Gasteiger partial charge in [-0.1, -0.05) is 17.7 Å². The van der Waals surface area contributed by atoms with Gasteiger partial charge in [0, 0.05) is 18.7 Å². The van der Waals surface area contributed by atoms with Crippen LogP contribution in [-0.2, 0) is 19.6 Å². The number of hydrogen-bond donors (Lipinski definition) is 3. The molecule has 4 rings (SSSR count). The van der Waals surface area contributed by atoms with Gasteiger partial charge < -0.3 is 10.1 Å². The van der Waals surface area contributed by atoms with Gasteiger partial charge in [-0.05, 0) is 71.1 Å². The molecule has 0 unspecified atom stereocenters. The van der Waals surface area contributed by atoms with E-state index in [1.807, 2.05) is 6.92 Å². The molecule has 3 N–H and O–H groups in total. The van der Waals surface area contributed by atoms with Crippen molar-refractivity contribution in [2.75, 3.05) is 12.0 Å². The Labute approximate surface area is 216 Å². The van der Waals surface area contributed by atoms with Crippen LogP contribution in [0.1, 0.15) is 45.6 Å². The molecule has 3 aromatic rings. The van der Waals surface area contributed by atoms with Gasteiger partial charge >= 0.3 is 6.09 Å². The molecule has 0 aliphatic heterocycles. The molecule has 2 atom stereocenters. The van der Waals surface area contributed by atoms with Crippen LogP contribution in [0.25, 0.3) is 11.2 Å². The summed E-state index contributed by atoms with van der Waals surface area (Å²) in [4.78, 5) is 33.3. The summed E-state index contributed by atoms with van der Waals surface area (Å²) in [6.45, 7) is 7.76. The molecular formula is C25H32N6O5S. The Kier molecular flexibility index (Phi) is 7.39. The fourth-order valence-electron chi connectivity index (χ4n) is 4.23. The van der Waals surface area contributed by atoms with Gasteiger partial charge in [0.2, 0.25) is 5.91 Å². The third-order valence-corrected chi connectivity index (χ3v) is 7.77. The maximum atomic E-state index is 13.0. The average molecular weight is 529 g/mol. The zero-order chi connectivity index (χ0) is 26.8. The number of rotatable bonds is 7. The van der Waals surface area contributed by atoms with Crippen LogP contribution in [0.4, 0.5) is 10.6 Å². The van der Waals surface area contributed by atoms with Crippen molar-refractivity contribution in [3.8, 4) is 0 Å². The SMILES string of the molecule is Cc1ccc(S(=O)(=O)n2ccc3nc(NNC(=O)[C@@H]4CC[C@@H](CNC(=O)OC(C)(C)C)C4)cnc32)cc1. The Morgan fingerprint density at radius 1 is 1.14 bits per heavy atom. The van der Waals surface area contributed by atoms with Gasteiger partial charge in [0.15, 0.2) is 11.5 Å². The molecule has 2 amide bonds. The van der Waals surface area contributed by atoms with Gasteiger partial charge in [-0.3, -0.25) is 15.6 Å². The average Bonchev–Trinajstić information content (AvgIpc) is 3.48. The van der Waals surface area contributed by atoms with Gasteiger partial charge in [0.25, 0.3) is 10.0 Å². The summed E-state index contributed by atoms with van der Waals surface area (Å²) in [5, 5.41) is 2.77. The van der Waals surface area contributed by atoms with Crippen LogP contribution in [-0.4, -0.2) is 46.5 Å². The van der Waals surface area contributed by atoms with Crippen LogP contribution in [0.15, 0.2) is 47.6 Å². The van der Waals surface area contributed by atoms with E-state index < -0.39 is 21.7 Å². The minimum absolute atomic E-state index is 0.156. The fraction of sp³-hybridized carbons (Fsp3) is 0.440. The molecule has 12 heteroatoms. The normalized spacial score (nSPS) is 17.9. The van der Waals surface area contributed by atoms with E-state index in [9.17, 15) is 18.0 Å². The summed E-state index contributed by atoms with van der Waals surface area (Å²) in [6.07, 6.45) is 4.49. The molecule has 1 saturated carbocycles. The van der Waals surface area contributed by atoms with Crippen molar-refractivity contribution in [1.29, 1.82) is 0 Å². The number of carbonyl (C=O) groups is 2. The van der Waals surface area contributed by atoms with E-state index in [2.05, 4.69) is 26.1 Å². The molecule has 37 heavy (non-hydrogen) atoms. The number of amides is 2. The standard InChI is InChI=1S/C25H32N6O5S/c1-16-5-9-19(10-6-16)37(34,35)31-12-11-20-22(31)26-15-21(28-20)29-30-23(32)18-8-7-17(13-18)14-27-24(33)36-25(2,3)4/h5-6,9-12,15,17-18H,7-8,13-14H2,1-4H3,(H,27,33)(H,28,29)(H,30,32)/t17-,18-/m1/s1. The largest absolute Gasteiger partial charge is 0.444 e. The molecular weight excluding hydrogens is 496 g/mol. The van der Waals surface area contributed by atoms with Gasteiger partial charge in [0.1, 0.15) is 11.1 Å². The highest BCUT2D eigenvalue weighted by molar-refractivity contribution is 7.90. The predicted octanol–water partition coefficient (Wildman–Crippen LogP) is 3.36. The second-order valence-corrected chi connectivity index (χ2v) is 12.1. The molecule has 1 aromatic carbocycles. The lowest BCUT2D eigenvalue weighted by molar-refractivity contribution is -0.124. The third-order valence-electron chi connectivity index (χ3n) is 6.09. The molecule has 0 spiro atoms. The molecule has 0 saturated heterocycles. The van der Waals surface area contributed by atoms with E-state index in [4.69, 9.17) is 4.74 Å². The summed E-state index contributed by atoms with van der Waals surface area (Å²) in [6, 6.07) is 8.13. The Morgan fingerprint density at radius 3 is 2.57 bits per heavy atom.